The quantitative estimate of drug-likeness (QED) is 0.720. The number of hydrogen-bond acceptors (Lipinski definition) is 5. The molecule has 0 amide bonds. The van der Waals surface area contributed by atoms with E-state index in [-0.39, 0.29) is 6.10 Å². The Balaban J connectivity index is 1.63. The van der Waals surface area contributed by atoms with Crippen LogP contribution in [-0.2, 0) is 0 Å². The lowest BCUT2D eigenvalue weighted by Gasteiger charge is -2.14. The van der Waals surface area contributed by atoms with Crippen molar-refractivity contribution in [1.82, 2.24) is 9.97 Å². The molecule has 1 heterocycles. The van der Waals surface area contributed by atoms with Gasteiger partial charge in [-0.1, -0.05) is 6.92 Å². The molecule has 5 nitrogen and oxygen atoms in total. The van der Waals surface area contributed by atoms with Crippen LogP contribution >= 0.6 is 0 Å². The number of aliphatic hydroxyl groups excluding tert-OH is 1. The molecule has 0 aromatic carbocycles. The Morgan fingerprint density at radius 3 is 2.52 bits per heavy atom. The van der Waals surface area contributed by atoms with Crippen molar-refractivity contribution in [1.29, 1.82) is 0 Å². The summed E-state index contributed by atoms with van der Waals surface area (Å²) in [4.78, 5) is 9.28. The summed E-state index contributed by atoms with van der Waals surface area (Å²) >= 11 is 0. The molecular weight excluding hydrogens is 264 g/mol. The third-order valence-electron chi connectivity index (χ3n) is 4.33. The maximum absolute atomic E-state index is 9.60. The minimum Gasteiger partial charge on any atom is -0.393 e. The Morgan fingerprint density at radius 2 is 1.90 bits per heavy atom. The van der Waals surface area contributed by atoms with Gasteiger partial charge in [0.15, 0.2) is 0 Å². The van der Waals surface area contributed by atoms with Gasteiger partial charge in [-0.05, 0) is 44.4 Å². The molecule has 2 fully saturated rings. The highest BCUT2D eigenvalue weighted by molar-refractivity contribution is 5.48. The summed E-state index contributed by atoms with van der Waals surface area (Å²) in [5, 5.41) is 16.4. The number of aliphatic hydroxyl groups is 1. The van der Waals surface area contributed by atoms with Gasteiger partial charge >= 0.3 is 0 Å². The van der Waals surface area contributed by atoms with E-state index in [1.54, 1.807) is 0 Å². The Hall–Kier alpha value is -1.36. The van der Waals surface area contributed by atoms with E-state index in [4.69, 9.17) is 0 Å². The summed E-state index contributed by atoms with van der Waals surface area (Å²) in [5.74, 6) is 3.95. The molecule has 2 aliphatic carbocycles. The van der Waals surface area contributed by atoms with Gasteiger partial charge in [0.25, 0.3) is 0 Å². The lowest BCUT2D eigenvalue weighted by Crippen LogP contribution is -2.15. The van der Waals surface area contributed by atoms with Crippen molar-refractivity contribution in [2.24, 2.45) is 5.92 Å². The minimum atomic E-state index is -0.106. The van der Waals surface area contributed by atoms with Crippen LogP contribution in [0.15, 0.2) is 6.07 Å². The first-order valence-electron chi connectivity index (χ1n) is 8.29. The number of hydrogen-bond donors (Lipinski definition) is 3. The van der Waals surface area contributed by atoms with Crippen LogP contribution in [0.5, 0.6) is 0 Å². The standard InChI is InChI=1S/C16H26N4O/c1-2-7-17-14-9-15(20-16(19-14)12-4-5-12)18-10-11-3-6-13(21)8-11/h9,11-13,21H,2-8,10H2,1H3,(H2,17,18,19,20). The predicted molar refractivity (Wildman–Crippen MR) is 84.6 cm³/mol. The molecule has 2 atom stereocenters. The van der Waals surface area contributed by atoms with Crippen LogP contribution in [0.4, 0.5) is 11.6 Å². The average molecular weight is 290 g/mol. The summed E-state index contributed by atoms with van der Waals surface area (Å²) in [6.07, 6.45) is 6.37. The van der Waals surface area contributed by atoms with Gasteiger partial charge in [0.2, 0.25) is 0 Å². The lowest BCUT2D eigenvalue weighted by molar-refractivity contribution is 0.178. The van der Waals surface area contributed by atoms with Crippen LogP contribution in [0.3, 0.4) is 0 Å². The molecule has 0 saturated heterocycles. The second kappa shape index (κ2) is 6.60. The Labute approximate surface area is 126 Å². The van der Waals surface area contributed by atoms with E-state index in [1.165, 1.54) is 12.8 Å². The van der Waals surface area contributed by atoms with Crippen LogP contribution in [0.1, 0.15) is 57.2 Å². The summed E-state index contributed by atoms with van der Waals surface area (Å²) in [5.41, 5.74) is 0. The Morgan fingerprint density at radius 1 is 1.14 bits per heavy atom. The highest BCUT2D eigenvalue weighted by Gasteiger charge is 2.27. The molecule has 3 N–H and O–H groups in total. The van der Waals surface area contributed by atoms with Gasteiger partial charge in [-0.3, -0.25) is 0 Å². The molecule has 1 aromatic rings. The summed E-state index contributed by atoms with van der Waals surface area (Å²) in [6, 6.07) is 2.01. The number of aromatic nitrogens is 2. The lowest BCUT2D eigenvalue weighted by atomic mass is 10.1. The molecule has 2 aliphatic rings. The van der Waals surface area contributed by atoms with E-state index in [9.17, 15) is 5.11 Å². The third kappa shape index (κ3) is 4.06. The van der Waals surface area contributed by atoms with E-state index in [2.05, 4.69) is 27.5 Å². The van der Waals surface area contributed by atoms with Crippen LogP contribution in [0.2, 0.25) is 0 Å². The van der Waals surface area contributed by atoms with Crippen molar-refractivity contribution in [3.05, 3.63) is 11.9 Å². The molecule has 2 unspecified atom stereocenters. The molecule has 3 rings (SSSR count). The first-order valence-corrected chi connectivity index (χ1v) is 8.29. The monoisotopic (exact) mass is 290 g/mol. The molecule has 2 saturated carbocycles. The number of nitrogens with one attached hydrogen (secondary N) is 2. The smallest absolute Gasteiger partial charge is 0.136 e. The summed E-state index contributed by atoms with van der Waals surface area (Å²) < 4.78 is 0. The highest BCUT2D eigenvalue weighted by atomic mass is 16.3. The molecule has 1 aromatic heterocycles. The average Bonchev–Trinajstić information content (AvgIpc) is 3.26. The zero-order chi connectivity index (χ0) is 14.7. The first-order chi connectivity index (χ1) is 10.2. The van der Waals surface area contributed by atoms with Gasteiger partial charge in [-0.15, -0.1) is 0 Å². The Kier molecular flexibility index (Phi) is 4.58. The fourth-order valence-electron chi connectivity index (χ4n) is 2.91. The zero-order valence-corrected chi connectivity index (χ0v) is 12.8. The predicted octanol–water partition coefficient (Wildman–Crippen LogP) is 2.75. The molecule has 0 bridgehead atoms. The van der Waals surface area contributed by atoms with E-state index >= 15 is 0 Å². The third-order valence-corrected chi connectivity index (χ3v) is 4.33. The van der Waals surface area contributed by atoms with Crippen molar-refractivity contribution < 1.29 is 5.11 Å². The number of nitrogens with zero attached hydrogens (tertiary/aromatic N) is 2. The van der Waals surface area contributed by atoms with Gasteiger partial charge in [-0.25, -0.2) is 9.97 Å². The van der Waals surface area contributed by atoms with Gasteiger partial charge in [0, 0.05) is 25.1 Å². The second-order valence-electron chi connectivity index (χ2n) is 6.41. The van der Waals surface area contributed by atoms with Crippen LogP contribution in [-0.4, -0.2) is 34.3 Å². The van der Waals surface area contributed by atoms with Gasteiger partial charge in [0.1, 0.15) is 17.5 Å². The van der Waals surface area contributed by atoms with Crippen molar-refractivity contribution in [3.8, 4) is 0 Å². The molecule has 0 radical (unpaired) electrons. The fraction of sp³-hybridized carbons (Fsp3) is 0.750. The maximum Gasteiger partial charge on any atom is 0.136 e. The van der Waals surface area contributed by atoms with E-state index < -0.39 is 0 Å². The van der Waals surface area contributed by atoms with Crippen molar-refractivity contribution in [2.45, 2.75) is 57.5 Å². The SMILES string of the molecule is CCCNc1cc(NCC2CCC(O)C2)nc(C2CC2)n1. The van der Waals surface area contributed by atoms with E-state index in [0.29, 0.717) is 11.8 Å². The molecule has 5 heteroatoms. The first kappa shape index (κ1) is 14.6. The molecule has 0 aliphatic heterocycles. The molecule has 116 valence electrons. The van der Waals surface area contributed by atoms with Gasteiger partial charge < -0.3 is 15.7 Å². The largest absolute Gasteiger partial charge is 0.393 e. The molecular formula is C16H26N4O. The van der Waals surface area contributed by atoms with E-state index in [0.717, 1.165) is 56.2 Å². The highest BCUT2D eigenvalue weighted by Crippen LogP contribution is 2.39. The van der Waals surface area contributed by atoms with Gasteiger partial charge in [0.05, 0.1) is 6.10 Å². The minimum absolute atomic E-state index is 0.106. The zero-order valence-electron chi connectivity index (χ0n) is 12.8. The van der Waals surface area contributed by atoms with Crippen molar-refractivity contribution in [2.75, 3.05) is 23.7 Å². The van der Waals surface area contributed by atoms with Gasteiger partial charge in [-0.2, -0.15) is 0 Å². The normalized spacial score (nSPS) is 25.0. The Bertz CT molecular complexity index is 475. The second-order valence-corrected chi connectivity index (χ2v) is 6.41. The molecule has 21 heavy (non-hydrogen) atoms. The molecule has 0 spiro atoms. The van der Waals surface area contributed by atoms with E-state index in [1.807, 2.05) is 6.07 Å². The van der Waals surface area contributed by atoms with Crippen molar-refractivity contribution >= 4 is 11.6 Å². The van der Waals surface area contributed by atoms with Crippen molar-refractivity contribution in [3.63, 3.8) is 0 Å². The fourth-order valence-corrected chi connectivity index (χ4v) is 2.91. The summed E-state index contributed by atoms with van der Waals surface area (Å²) in [6.45, 7) is 3.99. The van der Waals surface area contributed by atoms with Crippen LogP contribution < -0.4 is 10.6 Å². The van der Waals surface area contributed by atoms with Crippen LogP contribution in [0, 0.1) is 5.92 Å². The number of rotatable bonds is 7. The summed E-state index contributed by atoms with van der Waals surface area (Å²) in [7, 11) is 0. The van der Waals surface area contributed by atoms with Crippen LogP contribution in [0.25, 0.3) is 0 Å². The maximum atomic E-state index is 9.60. The number of anilines is 2. The topological polar surface area (TPSA) is 70.1 Å².